The summed E-state index contributed by atoms with van der Waals surface area (Å²) in [5, 5.41) is 6.56. The molecule has 7 nitrogen and oxygen atoms in total. The number of benzene rings is 3. The number of hydrogen-bond acceptors (Lipinski definition) is 5. The highest BCUT2D eigenvalue weighted by Gasteiger charge is 2.06. The van der Waals surface area contributed by atoms with Crippen LogP contribution in [-0.2, 0) is 9.63 Å². The van der Waals surface area contributed by atoms with Gasteiger partial charge in [0.2, 0.25) is 5.88 Å². The second-order valence-electron chi connectivity index (χ2n) is 7.04. The predicted molar refractivity (Wildman–Crippen MR) is 128 cm³/mol. The molecule has 3 N–H and O–H groups in total. The van der Waals surface area contributed by atoms with Crippen LogP contribution >= 0.6 is 0 Å². The maximum atomic E-state index is 12.1. The van der Waals surface area contributed by atoms with E-state index in [2.05, 4.69) is 15.5 Å². The number of carbonyl (C=O) groups excluding carboxylic acids is 1. The molecule has 0 saturated carbocycles. The summed E-state index contributed by atoms with van der Waals surface area (Å²) in [6, 6.07) is 30.3. The summed E-state index contributed by atoms with van der Waals surface area (Å²) in [7, 11) is 0. The normalized spacial score (nSPS) is 11.0. The minimum atomic E-state index is -0.344. The van der Waals surface area contributed by atoms with Crippen LogP contribution in [0.25, 0.3) is 11.1 Å². The van der Waals surface area contributed by atoms with Crippen LogP contribution in [0.4, 0.5) is 5.69 Å². The molecule has 4 aromatic rings. The Kier molecular flexibility index (Phi) is 6.92. The third-order valence-electron chi connectivity index (χ3n) is 4.63. The molecule has 0 fully saturated rings. The number of ether oxygens (including phenoxy) is 1. The number of amides is 1. The highest BCUT2D eigenvalue weighted by Crippen LogP contribution is 2.21. The molecule has 7 heteroatoms. The van der Waals surface area contributed by atoms with Gasteiger partial charge in [0.15, 0.2) is 12.4 Å². The molecule has 0 aliphatic heterocycles. The van der Waals surface area contributed by atoms with Gasteiger partial charge in [-0.05, 0) is 41.5 Å². The average molecular weight is 438 g/mol. The first kappa shape index (κ1) is 21.6. The number of hydrogen-bond donors (Lipinski definition) is 2. The lowest BCUT2D eigenvalue weighted by molar-refractivity contribution is -0.120. The highest BCUT2D eigenvalue weighted by atomic mass is 16.6. The van der Waals surface area contributed by atoms with Crippen molar-refractivity contribution in [3.63, 3.8) is 0 Å². The molecule has 1 heterocycles. The van der Waals surface area contributed by atoms with Crippen molar-refractivity contribution in [2.75, 3.05) is 11.9 Å². The lowest BCUT2D eigenvalue weighted by atomic mass is 10.1. The van der Waals surface area contributed by atoms with E-state index in [1.54, 1.807) is 12.1 Å². The van der Waals surface area contributed by atoms with E-state index in [-0.39, 0.29) is 18.3 Å². The largest absolute Gasteiger partial charge is 0.439 e. The molecule has 1 aromatic heterocycles. The van der Waals surface area contributed by atoms with Crippen LogP contribution in [0.2, 0.25) is 0 Å². The van der Waals surface area contributed by atoms with Crippen molar-refractivity contribution in [3.05, 3.63) is 109 Å². The van der Waals surface area contributed by atoms with Crippen LogP contribution in [0, 0.1) is 0 Å². The minimum absolute atomic E-state index is 0.105. The number of nitrogens with zero attached hydrogens (tertiary/aromatic N) is 2. The standard InChI is InChI=1S/C26H22N4O3/c27-26(21-13-16-25(28-17-21)33-23-9-5-2-6-10-23)30-32-18-24(31)29-22-14-11-20(12-15-22)19-7-3-1-4-8-19/h1-17H,18H2,(H2,27,30)(H,29,31). The molecule has 1 amide bonds. The van der Waals surface area contributed by atoms with Crippen molar-refractivity contribution in [1.29, 1.82) is 0 Å². The Balaban J connectivity index is 1.26. The number of amidine groups is 1. The Morgan fingerprint density at radius 1 is 0.848 bits per heavy atom. The van der Waals surface area contributed by atoms with Crippen LogP contribution < -0.4 is 15.8 Å². The third kappa shape index (κ3) is 6.18. The topological polar surface area (TPSA) is 98.8 Å². The minimum Gasteiger partial charge on any atom is -0.439 e. The first-order chi connectivity index (χ1) is 16.2. The Morgan fingerprint density at radius 3 is 2.18 bits per heavy atom. The van der Waals surface area contributed by atoms with Gasteiger partial charge >= 0.3 is 0 Å². The van der Waals surface area contributed by atoms with Gasteiger partial charge in [-0.25, -0.2) is 4.98 Å². The van der Waals surface area contributed by atoms with E-state index < -0.39 is 0 Å². The fourth-order valence-corrected chi connectivity index (χ4v) is 2.99. The summed E-state index contributed by atoms with van der Waals surface area (Å²) in [6.07, 6.45) is 1.52. The lowest BCUT2D eigenvalue weighted by Gasteiger charge is -2.07. The second-order valence-corrected chi connectivity index (χ2v) is 7.04. The zero-order chi connectivity index (χ0) is 22.9. The number of carbonyl (C=O) groups is 1. The monoisotopic (exact) mass is 438 g/mol. The van der Waals surface area contributed by atoms with Crippen molar-refractivity contribution in [3.8, 4) is 22.8 Å². The zero-order valence-corrected chi connectivity index (χ0v) is 17.7. The van der Waals surface area contributed by atoms with Gasteiger partial charge in [0.05, 0.1) is 0 Å². The molecule has 0 atom stereocenters. The van der Waals surface area contributed by atoms with Gasteiger partial charge in [0.25, 0.3) is 5.91 Å². The molecule has 3 aromatic carbocycles. The molecular formula is C26H22N4O3. The molecule has 4 rings (SSSR count). The average Bonchev–Trinajstić information content (AvgIpc) is 2.86. The van der Waals surface area contributed by atoms with Crippen LogP contribution in [0.15, 0.2) is 108 Å². The Hall–Kier alpha value is -4.65. The van der Waals surface area contributed by atoms with Crippen LogP contribution in [-0.4, -0.2) is 23.3 Å². The van der Waals surface area contributed by atoms with Gasteiger partial charge in [-0.1, -0.05) is 65.8 Å². The van der Waals surface area contributed by atoms with E-state index >= 15 is 0 Å². The van der Waals surface area contributed by atoms with Gasteiger partial charge in [0.1, 0.15) is 5.75 Å². The second kappa shape index (κ2) is 10.6. The molecule has 0 spiro atoms. The number of nitrogens with two attached hydrogens (primary N) is 1. The fraction of sp³-hybridized carbons (Fsp3) is 0.0385. The summed E-state index contributed by atoms with van der Waals surface area (Å²) in [4.78, 5) is 21.4. The zero-order valence-electron chi connectivity index (χ0n) is 17.7. The van der Waals surface area contributed by atoms with E-state index in [9.17, 15) is 4.79 Å². The third-order valence-corrected chi connectivity index (χ3v) is 4.63. The fourth-order valence-electron chi connectivity index (χ4n) is 2.99. The summed E-state index contributed by atoms with van der Waals surface area (Å²) in [6.45, 7) is -0.274. The molecule has 0 aliphatic carbocycles. The molecule has 0 saturated heterocycles. The number of aromatic nitrogens is 1. The van der Waals surface area contributed by atoms with Gasteiger partial charge in [-0.3, -0.25) is 4.79 Å². The summed E-state index contributed by atoms with van der Waals surface area (Å²) < 4.78 is 5.64. The predicted octanol–water partition coefficient (Wildman–Crippen LogP) is 4.82. The first-order valence-electron chi connectivity index (χ1n) is 10.3. The SMILES string of the molecule is N/C(=N/OCC(=O)Nc1ccc(-c2ccccc2)cc1)c1ccc(Oc2ccccc2)nc1. The lowest BCUT2D eigenvalue weighted by Crippen LogP contribution is -2.19. The quantitative estimate of drug-likeness (QED) is 0.234. The number of oxime groups is 1. The first-order valence-corrected chi connectivity index (χ1v) is 10.3. The van der Waals surface area contributed by atoms with Gasteiger partial charge in [-0.2, -0.15) is 0 Å². The van der Waals surface area contributed by atoms with E-state index in [0.717, 1.165) is 11.1 Å². The highest BCUT2D eigenvalue weighted by molar-refractivity contribution is 5.97. The van der Waals surface area contributed by atoms with Crippen molar-refractivity contribution < 1.29 is 14.4 Å². The summed E-state index contributed by atoms with van der Waals surface area (Å²) in [5.41, 5.74) is 9.31. The van der Waals surface area contributed by atoms with Crippen molar-refractivity contribution in [2.45, 2.75) is 0 Å². The summed E-state index contributed by atoms with van der Waals surface area (Å²) in [5.74, 6) is 0.872. The Morgan fingerprint density at radius 2 is 1.52 bits per heavy atom. The number of para-hydroxylation sites is 1. The van der Waals surface area contributed by atoms with E-state index in [0.29, 0.717) is 22.9 Å². The molecule has 0 bridgehead atoms. The number of pyridine rings is 1. The van der Waals surface area contributed by atoms with E-state index in [1.807, 2.05) is 84.9 Å². The van der Waals surface area contributed by atoms with Gasteiger partial charge in [-0.15, -0.1) is 0 Å². The van der Waals surface area contributed by atoms with Crippen molar-refractivity contribution in [2.24, 2.45) is 10.9 Å². The molecule has 0 radical (unpaired) electrons. The summed E-state index contributed by atoms with van der Waals surface area (Å²) >= 11 is 0. The molecule has 164 valence electrons. The number of anilines is 1. The van der Waals surface area contributed by atoms with E-state index in [1.165, 1.54) is 6.20 Å². The van der Waals surface area contributed by atoms with Crippen LogP contribution in [0.5, 0.6) is 11.6 Å². The number of nitrogens with one attached hydrogen (secondary N) is 1. The maximum Gasteiger partial charge on any atom is 0.265 e. The van der Waals surface area contributed by atoms with E-state index in [4.69, 9.17) is 15.3 Å². The molecule has 0 unspecified atom stereocenters. The van der Waals surface area contributed by atoms with Crippen molar-refractivity contribution in [1.82, 2.24) is 4.98 Å². The Bertz CT molecular complexity index is 1210. The van der Waals surface area contributed by atoms with Crippen LogP contribution in [0.3, 0.4) is 0 Å². The Labute approximate surface area is 191 Å². The van der Waals surface area contributed by atoms with Gasteiger partial charge < -0.3 is 20.6 Å². The number of rotatable bonds is 8. The maximum absolute atomic E-state index is 12.1. The smallest absolute Gasteiger partial charge is 0.265 e. The molecule has 0 aliphatic rings. The molecular weight excluding hydrogens is 416 g/mol. The van der Waals surface area contributed by atoms with Crippen LogP contribution in [0.1, 0.15) is 5.56 Å². The molecule has 33 heavy (non-hydrogen) atoms. The van der Waals surface area contributed by atoms with Crippen molar-refractivity contribution >= 4 is 17.4 Å². The van der Waals surface area contributed by atoms with Gasteiger partial charge in [0, 0.05) is 23.5 Å².